The second-order valence-corrected chi connectivity index (χ2v) is 3.39. The normalized spacial score (nSPS) is 43.3. The van der Waals surface area contributed by atoms with Gasteiger partial charge in [-0.1, -0.05) is 0 Å². The fourth-order valence-corrected chi connectivity index (χ4v) is 1.45. The molecule has 0 N–H and O–H groups in total. The van der Waals surface area contributed by atoms with Crippen molar-refractivity contribution in [1.82, 2.24) is 3.11 Å². The minimum absolute atomic E-state index is 0.829. The summed E-state index contributed by atoms with van der Waals surface area (Å²) in [6.45, 7) is 4.51. The summed E-state index contributed by atoms with van der Waals surface area (Å²) < 4.78 is 2.36. The van der Waals surface area contributed by atoms with Gasteiger partial charge in [0.1, 0.15) is 0 Å². The minimum atomic E-state index is 0.829. The fourth-order valence-electron chi connectivity index (χ4n) is 0.992. The lowest BCUT2D eigenvalue weighted by atomic mass is 10.0. The number of rotatable bonds is 0. The highest BCUT2D eigenvalue weighted by Gasteiger charge is 2.28. The quantitative estimate of drug-likeness (QED) is 0.436. The molecule has 1 aliphatic heterocycles. The molecule has 0 radical (unpaired) electrons. The van der Waals surface area contributed by atoms with Crippen LogP contribution in [0, 0.1) is 0 Å². The first-order valence-corrected chi connectivity index (χ1v) is 3.62. The number of hydrogen-bond donors (Lipinski definition) is 0. The smallest absolute Gasteiger partial charge is 0.0207 e. The third kappa shape index (κ3) is 0.914. The summed E-state index contributed by atoms with van der Waals surface area (Å²) in [5.74, 6) is 0. The van der Waals surface area contributed by atoms with Crippen molar-refractivity contribution in [1.29, 1.82) is 0 Å². The van der Waals surface area contributed by atoms with E-state index in [1.165, 1.54) is 6.42 Å². The van der Waals surface area contributed by atoms with E-state index >= 15 is 0 Å². The summed E-state index contributed by atoms with van der Waals surface area (Å²) in [4.78, 5) is 0. The van der Waals surface area contributed by atoms with Crippen LogP contribution in [0.4, 0.5) is 0 Å². The average molecular weight is 211 g/mol. The molecule has 0 amide bonds. The summed E-state index contributed by atoms with van der Waals surface area (Å²) in [6, 6.07) is 1.66. The Bertz CT molecular complexity index is 66.5. The molecule has 2 atom stereocenters. The molecule has 0 bridgehead atoms. The highest BCUT2D eigenvalue weighted by Crippen LogP contribution is 2.28. The van der Waals surface area contributed by atoms with Crippen molar-refractivity contribution < 1.29 is 0 Å². The Labute approximate surface area is 58.6 Å². The van der Waals surface area contributed by atoms with E-state index in [0.717, 1.165) is 12.1 Å². The van der Waals surface area contributed by atoms with Crippen LogP contribution in [0.15, 0.2) is 0 Å². The van der Waals surface area contributed by atoms with Gasteiger partial charge in [-0.25, -0.2) is 3.11 Å². The Morgan fingerprint density at radius 3 is 1.86 bits per heavy atom. The van der Waals surface area contributed by atoms with Crippen molar-refractivity contribution in [3.63, 3.8) is 0 Å². The second kappa shape index (κ2) is 1.90. The topological polar surface area (TPSA) is 3.24 Å². The minimum Gasteiger partial charge on any atom is -0.242 e. The van der Waals surface area contributed by atoms with Gasteiger partial charge in [0.15, 0.2) is 0 Å². The third-order valence-electron chi connectivity index (χ3n) is 1.52. The van der Waals surface area contributed by atoms with Crippen LogP contribution in [0.1, 0.15) is 20.3 Å². The zero-order valence-electron chi connectivity index (χ0n) is 4.69. The predicted octanol–water partition coefficient (Wildman–Crippen LogP) is 1.82. The predicted molar refractivity (Wildman–Crippen MR) is 39.4 cm³/mol. The lowest BCUT2D eigenvalue weighted by Gasteiger charge is -2.40. The Morgan fingerprint density at radius 1 is 1.43 bits per heavy atom. The Balaban J connectivity index is 2.29. The first-order chi connectivity index (χ1) is 3.22. The molecule has 1 nitrogen and oxygen atoms in total. The van der Waals surface area contributed by atoms with Crippen molar-refractivity contribution in [2.45, 2.75) is 32.4 Å². The standard InChI is InChI=1S/C5H10IN/c1-4-3-5(2)7(4)6/h4-5H,3H2,1-2H3. The van der Waals surface area contributed by atoms with E-state index < -0.39 is 0 Å². The molecule has 0 saturated carbocycles. The zero-order chi connectivity index (χ0) is 5.44. The van der Waals surface area contributed by atoms with Gasteiger partial charge in [0.2, 0.25) is 0 Å². The van der Waals surface area contributed by atoms with Crippen molar-refractivity contribution in [3.8, 4) is 0 Å². The highest BCUT2D eigenvalue weighted by atomic mass is 127. The lowest BCUT2D eigenvalue weighted by molar-refractivity contribution is 0.181. The molecular formula is C5H10IN. The van der Waals surface area contributed by atoms with Crippen molar-refractivity contribution in [2.75, 3.05) is 0 Å². The monoisotopic (exact) mass is 211 g/mol. The molecule has 0 aromatic heterocycles. The zero-order valence-corrected chi connectivity index (χ0v) is 6.84. The fraction of sp³-hybridized carbons (Fsp3) is 1.00. The largest absolute Gasteiger partial charge is 0.242 e. The molecule has 7 heavy (non-hydrogen) atoms. The van der Waals surface area contributed by atoms with Gasteiger partial charge in [0, 0.05) is 34.9 Å². The molecule has 1 saturated heterocycles. The van der Waals surface area contributed by atoms with Crippen molar-refractivity contribution >= 4 is 22.9 Å². The van der Waals surface area contributed by atoms with Crippen LogP contribution >= 0.6 is 22.9 Å². The van der Waals surface area contributed by atoms with Crippen LogP contribution in [0.25, 0.3) is 0 Å². The third-order valence-corrected chi connectivity index (χ3v) is 3.43. The molecule has 2 heteroatoms. The first-order valence-electron chi connectivity index (χ1n) is 2.66. The summed E-state index contributed by atoms with van der Waals surface area (Å²) in [6.07, 6.45) is 1.38. The van der Waals surface area contributed by atoms with Gasteiger partial charge in [0.05, 0.1) is 0 Å². The second-order valence-electron chi connectivity index (χ2n) is 2.28. The van der Waals surface area contributed by atoms with E-state index in [1.807, 2.05) is 0 Å². The molecule has 2 unspecified atom stereocenters. The van der Waals surface area contributed by atoms with Gasteiger partial charge in [-0.05, 0) is 20.3 Å². The van der Waals surface area contributed by atoms with Crippen LogP contribution in [0.3, 0.4) is 0 Å². The molecule has 1 fully saturated rings. The van der Waals surface area contributed by atoms with Gasteiger partial charge in [-0.3, -0.25) is 0 Å². The molecule has 1 rings (SSSR count). The van der Waals surface area contributed by atoms with E-state index in [1.54, 1.807) is 0 Å². The van der Waals surface area contributed by atoms with E-state index in [2.05, 4.69) is 39.8 Å². The van der Waals surface area contributed by atoms with E-state index in [0.29, 0.717) is 0 Å². The molecule has 0 aromatic rings. The summed E-state index contributed by atoms with van der Waals surface area (Å²) >= 11 is 2.38. The maximum atomic E-state index is 2.38. The van der Waals surface area contributed by atoms with Crippen LogP contribution in [0.5, 0.6) is 0 Å². The SMILES string of the molecule is CC1CC(C)N1I. The van der Waals surface area contributed by atoms with Crippen LogP contribution in [0.2, 0.25) is 0 Å². The Kier molecular flexibility index (Phi) is 1.58. The number of nitrogens with zero attached hydrogens (tertiary/aromatic N) is 1. The van der Waals surface area contributed by atoms with Crippen molar-refractivity contribution in [3.05, 3.63) is 0 Å². The van der Waals surface area contributed by atoms with Crippen LogP contribution in [-0.4, -0.2) is 15.2 Å². The number of hydrogen-bond acceptors (Lipinski definition) is 1. The van der Waals surface area contributed by atoms with Gasteiger partial charge in [0.25, 0.3) is 0 Å². The lowest BCUT2D eigenvalue weighted by Crippen LogP contribution is -2.45. The highest BCUT2D eigenvalue weighted by molar-refractivity contribution is 14.1. The van der Waals surface area contributed by atoms with E-state index in [-0.39, 0.29) is 0 Å². The molecule has 0 aromatic carbocycles. The van der Waals surface area contributed by atoms with Gasteiger partial charge < -0.3 is 0 Å². The first kappa shape index (κ1) is 5.82. The average Bonchev–Trinajstić information content (AvgIpc) is 1.68. The molecule has 0 aliphatic carbocycles. The van der Waals surface area contributed by atoms with Gasteiger partial charge in [-0.15, -0.1) is 0 Å². The van der Waals surface area contributed by atoms with Crippen LogP contribution in [-0.2, 0) is 0 Å². The molecular weight excluding hydrogens is 201 g/mol. The molecule has 1 aliphatic rings. The van der Waals surface area contributed by atoms with Gasteiger partial charge in [-0.2, -0.15) is 0 Å². The molecule has 1 heterocycles. The maximum Gasteiger partial charge on any atom is 0.0207 e. The molecule has 42 valence electrons. The van der Waals surface area contributed by atoms with Crippen LogP contribution < -0.4 is 0 Å². The van der Waals surface area contributed by atoms with Gasteiger partial charge >= 0.3 is 0 Å². The molecule has 0 spiro atoms. The Hall–Kier alpha value is 0.690. The maximum absolute atomic E-state index is 2.38. The van der Waals surface area contributed by atoms with Crippen molar-refractivity contribution in [2.24, 2.45) is 0 Å². The summed E-state index contributed by atoms with van der Waals surface area (Å²) in [7, 11) is 0. The summed E-state index contributed by atoms with van der Waals surface area (Å²) in [5.41, 5.74) is 0. The Morgan fingerprint density at radius 2 is 1.86 bits per heavy atom. The van der Waals surface area contributed by atoms with E-state index in [4.69, 9.17) is 0 Å². The number of halogens is 1. The van der Waals surface area contributed by atoms with E-state index in [9.17, 15) is 0 Å². The summed E-state index contributed by atoms with van der Waals surface area (Å²) in [5, 5.41) is 0.